The zero-order valence-electron chi connectivity index (χ0n) is 16.0. The largest absolute Gasteiger partial charge is 0.482 e. The lowest BCUT2D eigenvalue weighted by molar-refractivity contribution is -0.139. The Hall–Kier alpha value is -3.05. The molecule has 148 valence electrons. The summed E-state index contributed by atoms with van der Waals surface area (Å²) in [6, 6.07) is 22.1. The third kappa shape index (κ3) is 5.96. The topological polar surface area (TPSA) is 46.5 Å². The summed E-state index contributed by atoms with van der Waals surface area (Å²) in [6.45, 7) is 1.60. The maximum absolute atomic E-state index is 13.8. The van der Waals surface area contributed by atoms with Crippen molar-refractivity contribution < 1.29 is 19.0 Å². The van der Waals surface area contributed by atoms with Crippen LogP contribution in [0.3, 0.4) is 0 Å². The molecule has 0 saturated carbocycles. The number of hydrogen-bond donors (Lipinski definition) is 1. The molecule has 0 atom stereocenters. The van der Waals surface area contributed by atoms with Crippen molar-refractivity contribution in [2.24, 2.45) is 0 Å². The molecular formula is C24H21FO3S. The molecule has 29 heavy (non-hydrogen) atoms. The van der Waals surface area contributed by atoms with Gasteiger partial charge < -0.3 is 9.84 Å². The molecule has 0 radical (unpaired) electrons. The van der Waals surface area contributed by atoms with Crippen LogP contribution in [0.2, 0.25) is 0 Å². The number of aryl methyl sites for hydroxylation is 1. The normalized spacial score (nSPS) is 11.3. The first kappa shape index (κ1) is 20.7. The molecule has 0 aliphatic carbocycles. The van der Waals surface area contributed by atoms with E-state index in [1.165, 1.54) is 6.07 Å². The molecule has 3 nitrogen and oxygen atoms in total. The number of carbonyl (C=O) groups is 1. The van der Waals surface area contributed by atoms with Crippen molar-refractivity contribution in [3.63, 3.8) is 0 Å². The van der Waals surface area contributed by atoms with Gasteiger partial charge in [-0.2, -0.15) is 0 Å². The molecule has 0 aromatic heterocycles. The Kier molecular flexibility index (Phi) is 7.09. The monoisotopic (exact) mass is 408 g/mol. The molecule has 5 heteroatoms. The van der Waals surface area contributed by atoms with E-state index in [1.54, 1.807) is 30.0 Å². The van der Waals surface area contributed by atoms with E-state index in [1.807, 2.05) is 55.5 Å². The van der Waals surface area contributed by atoms with Gasteiger partial charge in [-0.1, -0.05) is 48.5 Å². The van der Waals surface area contributed by atoms with Crippen LogP contribution in [-0.2, 0) is 4.79 Å². The summed E-state index contributed by atoms with van der Waals surface area (Å²) >= 11 is 1.66. The number of carboxylic acids is 1. The van der Waals surface area contributed by atoms with Crippen LogP contribution in [0.1, 0.15) is 16.7 Å². The Bertz CT molecular complexity index is 1020. The molecule has 0 amide bonds. The maximum atomic E-state index is 13.8. The number of ether oxygens (including phenoxy) is 1. The smallest absolute Gasteiger partial charge is 0.341 e. The van der Waals surface area contributed by atoms with E-state index in [2.05, 4.69) is 6.08 Å². The van der Waals surface area contributed by atoms with Gasteiger partial charge in [0.2, 0.25) is 0 Å². The van der Waals surface area contributed by atoms with Crippen LogP contribution >= 0.6 is 11.8 Å². The highest BCUT2D eigenvalue weighted by Gasteiger charge is 2.07. The first-order chi connectivity index (χ1) is 14.0. The second-order valence-electron chi connectivity index (χ2n) is 6.41. The third-order valence-corrected chi connectivity index (χ3v) is 5.36. The van der Waals surface area contributed by atoms with Crippen molar-refractivity contribution in [1.29, 1.82) is 0 Å². The van der Waals surface area contributed by atoms with Gasteiger partial charge in [-0.05, 0) is 59.5 Å². The first-order valence-corrected chi connectivity index (χ1v) is 10.1. The minimum absolute atomic E-state index is 0.259. The van der Waals surface area contributed by atoms with Crippen LogP contribution < -0.4 is 4.74 Å². The van der Waals surface area contributed by atoms with E-state index >= 15 is 0 Å². The van der Waals surface area contributed by atoms with E-state index in [4.69, 9.17) is 9.84 Å². The maximum Gasteiger partial charge on any atom is 0.341 e. The summed E-state index contributed by atoms with van der Waals surface area (Å²) in [5, 5.41) is 8.71. The molecule has 0 bridgehead atoms. The van der Waals surface area contributed by atoms with Crippen molar-refractivity contribution in [3.8, 4) is 5.75 Å². The molecule has 0 spiro atoms. The lowest BCUT2D eigenvalue weighted by Crippen LogP contribution is -2.09. The molecule has 0 unspecified atom stereocenters. The predicted molar refractivity (Wildman–Crippen MR) is 115 cm³/mol. The van der Waals surface area contributed by atoms with Crippen LogP contribution in [0.4, 0.5) is 4.39 Å². The first-order valence-electron chi connectivity index (χ1n) is 9.12. The number of carboxylic acid groups (broad SMARTS) is 1. The minimum atomic E-state index is -1.00. The summed E-state index contributed by atoms with van der Waals surface area (Å²) in [4.78, 5) is 11.7. The van der Waals surface area contributed by atoms with Gasteiger partial charge in [0.1, 0.15) is 11.6 Å². The Morgan fingerprint density at radius 3 is 2.48 bits per heavy atom. The van der Waals surface area contributed by atoms with Gasteiger partial charge in [0.25, 0.3) is 0 Å². The molecule has 0 fully saturated rings. The molecule has 1 N–H and O–H groups in total. The fraction of sp³-hybridized carbons (Fsp3) is 0.125. The zero-order valence-corrected chi connectivity index (χ0v) is 16.8. The van der Waals surface area contributed by atoms with Gasteiger partial charge in [0.05, 0.1) is 0 Å². The van der Waals surface area contributed by atoms with E-state index in [0.717, 1.165) is 27.2 Å². The fourth-order valence-corrected chi connectivity index (χ4v) is 3.79. The molecule has 0 heterocycles. The molecule has 3 aromatic carbocycles. The molecule has 0 aliphatic heterocycles. The Balaban J connectivity index is 1.77. The third-order valence-electron chi connectivity index (χ3n) is 4.26. The Labute approximate surface area is 173 Å². The van der Waals surface area contributed by atoms with Crippen LogP contribution in [0, 0.1) is 12.7 Å². The second kappa shape index (κ2) is 9.94. The van der Waals surface area contributed by atoms with Crippen molar-refractivity contribution in [3.05, 3.63) is 101 Å². The number of benzene rings is 3. The average molecular weight is 408 g/mol. The van der Waals surface area contributed by atoms with E-state index in [9.17, 15) is 9.18 Å². The van der Waals surface area contributed by atoms with Gasteiger partial charge >= 0.3 is 5.97 Å². The quantitative estimate of drug-likeness (QED) is 0.477. The van der Waals surface area contributed by atoms with Gasteiger partial charge in [-0.25, -0.2) is 9.18 Å². The van der Waals surface area contributed by atoms with Crippen molar-refractivity contribution in [1.82, 2.24) is 0 Å². The molecule has 0 aliphatic rings. The predicted octanol–water partition coefficient (Wildman–Crippen LogP) is 5.82. The summed E-state index contributed by atoms with van der Waals surface area (Å²) in [6.07, 6.45) is 2.10. The molecular weight excluding hydrogens is 387 g/mol. The average Bonchev–Trinajstić information content (AvgIpc) is 2.71. The van der Waals surface area contributed by atoms with Gasteiger partial charge in [0, 0.05) is 10.6 Å². The second-order valence-corrected chi connectivity index (χ2v) is 7.48. The highest BCUT2D eigenvalue weighted by Crippen LogP contribution is 2.29. The van der Waals surface area contributed by atoms with Crippen LogP contribution in [0.25, 0.3) is 5.57 Å². The number of halogens is 1. The highest BCUT2D eigenvalue weighted by atomic mass is 32.2. The van der Waals surface area contributed by atoms with Crippen LogP contribution in [0.5, 0.6) is 5.75 Å². The number of rotatable bonds is 8. The Morgan fingerprint density at radius 2 is 1.79 bits per heavy atom. The summed E-state index contributed by atoms with van der Waals surface area (Å²) in [5.74, 6) is -0.0203. The standard InChI is InChI=1S/C24H21FO3S/c1-17-14-21(28-16-24(26)27)10-11-23(17)29-13-12-22(18-6-3-2-4-7-18)19-8-5-9-20(25)15-19/h2-12,14-15H,13,16H2,1H3,(H,26,27)/b22-12-. The van der Waals surface area contributed by atoms with Crippen molar-refractivity contribution in [2.75, 3.05) is 12.4 Å². The molecule has 3 rings (SSSR count). The van der Waals surface area contributed by atoms with Gasteiger partial charge in [0.15, 0.2) is 6.61 Å². The number of thioether (sulfide) groups is 1. The highest BCUT2D eigenvalue weighted by molar-refractivity contribution is 7.99. The number of hydrogen-bond acceptors (Lipinski definition) is 3. The summed E-state index contributed by atoms with van der Waals surface area (Å²) in [5.41, 5.74) is 3.87. The van der Waals surface area contributed by atoms with Crippen LogP contribution in [-0.4, -0.2) is 23.4 Å². The van der Waals surface area contributed by atoms with E-state index in [0.29, 0.717) is 11.5 Å². The minimum Gasteiger partial charge on any atom is -0.482 e. The van der Waals surface area contributed by atoms with Crippen molar-refractivity contribution >= 4 is 23.3 Å². The lowest BCUT2D eigenvalue weighted by Gasteiger charge is -2.11. The van der Waals surface area contributed by atoms with Gasteiger partial charge in [-0.3, -0.25) is 0 Å². The zero-order chi connectivity index (χ0) is 20.6. The SMILES string of the molecule is Cc1cc(OCC(=O)O)ccc1SC/C=C(/c1ccccc1)c1cccc(F)c1. The molecule has 0 saturated heterocycles. The lowest BCUT2D eigenvalue weighted by atomic mass is 9.98. The van der Waals surface area contributed by atoms with E-state index < -0.39 is 5.97 Å². The van der Waals surface area contributed by atoms with Crippen molar-refractivity contribution in [2.45, 2.75) is 11.8 Å². The summed E-state index contributed by atoms with van der Waals surface area (Å²) in [7, 11) is 0. The summed E-state index contributed by atoms with van der Waals surface area (Å²) < 4.78 is 19.0. The number of aliphatic carboxylic acids is 1. The van der Waals surface area contributed by atoms with Gasteiger partial charge in [-0.15, -0.1) is 11.8 Å². The van der Waals surface area contributed by atoms with Crippen LogP contribution in [0.15, 0.2) is 83.8 Å². The fourth-order valence-electron chi connectivity index (χ4n) is 2.91. The Morgan fingerprint density at radius 1 is 1.03 bits per heavy atom. The van der Waals surface area contributed by atoms with E-state index in [-0.39, 0.29) is 12.4 Å². The molecule has 3 aromatic rings.